The third kappa shape index (κ3) is 3.68. The van der Waals surface area contributed by atoms with Crippen LogP contribution in [0.3, 0.4) is 0 Å². The zero-order valence-corrected chi connectivity index (χ0v) is 14.3. The molecule has 128 valence electrons. The maximum absolute atomic E-state index is 12.3. The highest BCUT2D eigenvalue weighted by Gasteiger charge is 2.11. The molecule has 0 spiro atoms. The molecule has 4 nitrogen and oxygen atoms in total. The Morgan fingerprint density at radius 2 is 1.80 bits per heavy atom. The maximum atomic E-state index is 12.3. The van der Waals surface area contributed by atoms with E-state index in [9.17, 15) is 4.79 Å². The van der Waals surface area contributed by atoms with Crippen molar-refractivity contribution in [2.75, 3.05) is 23.3 Å². The highest BCUT2D eigenvalue weighted by Crippen LogP contribution is 2.22. The van der Waals surface area contributed by atoms with Gasteiger partial charge in [-0.3, -0.25) is 4.79 Å². The first kappa shape index (κ1) is 15.8. The van der Waals surface area contributed by atoms with Gasteiger partial charge >= 0.3 is 0 Å². The summed E-state index contributed by atoms with van der Waals surface area (Å²) < 4.78 is 0. The summed E-state index contributed by atoms with van der Waals surface area (Å²) in [5.74, 6) is 0.0108. The Hall–Kier alpha value is -2.75. The Labute approximate surface area is 147 Å². The fourth-order valence-electron chi connectivity index (χ4n) is 3.50. The number of amides is 1. The fourth-order valence-corrected chi connectivity index (χ4v) is 3.50. The zero-order valence-electron chi connectivity index (χ0n) is 14.3. The summed E-state index contributed by atoms with van der Waals surface area (Å²) in [4.78, 5) is 17.9. The molecule has 2 N–H and O–H groups in total. The van der Waals surface area contributed by atoms with Crippen LogP contribution in [0.5, 0.6) is 0 Å². The normalized spacial score (nSPS) is 14.6. The standard InChI is InChI=1S/C21H23N3O/c25-21(15-16-4-5-17-10-11-22-20(17)14-16)23-18-6-8-19(9-7-18)24-12-2-1-3-13-24/h4-11,14,22H,1-3,12-13,15H2,(H,23,25). The molecule has 1 fully saturated rings. The number of H-pyrrole nitrogens is 1. The van der Waals surface area contributed by atoms with Gasteiger partial charge in [0.1, 0.15) is 0 Å². The highest BCUT2D eigenvalue weighted by molar-refractivity contribution is 5.93. The van der Waals surface area contributed by atoms with Gasteiger partial charge in [-0.1, -0.05) is 12.1 Å². The second-order valence-electron chi connectivity index (χ2n) is 6.72. The molecule has 2 heterocycles. The van der Waals surface area contributed by atoms with Crippen molar-refractivity contribution in [1.82, 2.24) is 4.98 Å². The molecular weight excluding hydrogens is 310 g/mol. The van der Waals surface area contributed by atoms with Crippen molar-refractivity contribution in [2.45, 2.75) is 25.7 Å². The van der Waals surface area contributed by atoms with Gasteiger partial charge in [-0.25, -0.2) is 0 Å². The molecular formula is C21H23N3O. The van der Waals surface area contributed by atoms with Crippen molar-refractivity contribution in [2.24, 2.45) is 0 Å². The van der Waals surface area contributed by atoms with E-state index < -0.39 is 0 Å². The van der Waals surface area contributed by atoms with Crippen LogP contribution in [0, 0.1) is 0 Å². The molecule has 0 aliphatic carbocycles. The minimum absolute atomic E-state index is 0.0108. The van der Waals surface area contributed by atoms with Crippen LogP contribution in [0.15, 0.2) is 54.7 Å². The van der Waals surface area contributed by atoms with Crippen LogP contribution in [0.4, 0.5) is 11.4 Å². The Bertz CT molecular complexity index is 860. The van der Waals surface area contributed by atoms with Gasteiger partial charge in [0.15, 0.2) is 0 Å². The van der Waals surface area contributed by atoms with Crippen LogP contribution in [0.2, 0.25) is 0 Å². The van der Waals surface area contributed by atoms with E-state index in [1.165, 1.54) is 24.9 Å². The van der Waals surface area contributed by atoms with Crippen LogP contribution in [-0.2, 0) is 11.2 Å². The Kier molecular flexibility index (Phi) is 4.42. The fraction of sp³-hybridized carbons (Fsp3) is 0.286. The lowest BCUT2D eigenvalue weighted by atomic mass is 10.1. The Morgan fingerprint density at radius 1 is 1.00 bits per heavy atom. The van der Waals surface area contributed by atoms with E-state index >= 15 is 0 Å². The highest BCUT2D eigenvalue weighted by atomic mass is 16.1. The van der Waals surface area contributed by atoms with E-state index in [-0.39, 0.29) is 5.91 Å². The minimum Gasteiger partial charge on any atom is -0.372 e. The van der Waals surface area contributed by atoms with Crippen molar-refractivity contribution >= 4 is 28.2 Å². The number of nitrogens with zero attached hydrogens (tertiary/aromatic N) is 1. The van der Waals surface area contributed by atoms with Crippen LogP contribution >= 0.6 is 0 Å². The molecule has 25 heavy (non-hydrogen) atoms. The molecule has 0 unspecified atom stereocenters. The lowest BCUT2D eigenvalue weighted by Crippen LogP contribution is -2.29. The van der Waals surface area contributed by atoms with E-state index in [0.717, 1.165) is 35.2 Å². The molecule has 1 saturated heterocycles. The maximum Gasteiger partial charge on any atom is 0.228 e. The quantitative estimate of drug-likeness (QED) is 0.746. The summed E-state index contributed by atoms with van der Waals surface area (Å²) in [7, 11) is 0. The molecule has 4 heteroatoms. The minimum atomic E-state index is 0.0108. The smallest absolute Gasteiger partial charge is 0.228 e. The molecule has 1 aromatic heterocycles. The molecule has 0 atom stereocenters. The molecule has 1 aliphatic rings. The SMILES string of the molecule is O=C(Cc1ccc2cc[nH]c2c1)Nc1ccc(N2CCCCC2)cc1. The first-order valence-electron chi connectivity index (χ1n) is 8.99. The topological polar surface area (TPSA) is 48.1 Å². The monoisotopic (exact) mass is 333 g/mol. The third-order valence-electron chi connectivity index (χ3n) is 4.86. The Morgan fingerprint density at radius 3 is 2.60 bits per heavy atom. The molecule has 0 bridgehead atoms. The number of fused-ring (bicyclic) bond motifs is 1. The number of aromatic amines is 1. The van der Waals surface area contributed by atoms with Gasteiger partial charge in [-0.2, -0.15) is 0 Å². The number of benzene rings is 2. The van der Waals surface area contributed by atoms with E-state index in [0.29, 0.717) is 6.42 Å². The summed E-state index contributed by atoms with van der Waals surface area (Å²) in [5.41, 5.74) is 4.18. The van der Waals surface area contributed by atoms with Crippen LogP contribution in [-0.4, -0.2) is 24.0 Å². The summed E-state index contributed by atoms with van der Waals surface area (Å²) in [5, 5.41) is 4.16. The van der Waals surface area contributed by atoms with Gasteiger partial charge in [0.05, 0.1) is 6.42 Å². The number of hydrogen-bond donors (Lipinski definition) is 2. The summed E-state index contributed by atoms with van der Waals surface area (Å²) in [6.07, 6.45) is 6.16. The molecule has 2 aromatic carbocycles. The van der Waals surface area contributed by atoms with Gasteiger partial charge in [0, 0.05) is 36.2 Å². The van der Waals surface area contributed by atoms with Crippen LogP contribution in [0.1, 0.15) is 24.8 Å². The number of hydrogen-bond acceptors (Lipinski definition) is 2. The van der Waals surface area contributed by atoms with Crippen molar-refractivity contribution in [1.29, 1.82) is 0 Å². The van der Waals surface area contributed by atoms with Crippen molar-refractivity contribution in [3.63, 3.8) is 0 Å². The van der Waals surface area contributed by atoms with E-state index in [1.54, 1.807) is 0 Å². The first-order valence-corrected chi connectivity index (χ1v) is 8.99. The predicted octanol–water partition coefficient (Wildman–Crippen LogP) is 4.34. The number of aromatic nitrogens is 1. The summed E-state index contributed by atoms with van der Waals surface area (Å²) in [6.45, 7) is 2.26. The molecule has 0 saturated carbocycles. The van der Waals surface area contributed by atoms with Gasteiger partial charge < -0.3 is 15.2 Å². The van der Waals surface area contributed by atoms with Crippen LogP contribution < -0.4 is 10.2 Å². The average Bonchev–Trinajstić information content (AvgIpc) is 3.11. The molecule has 1 amide bonds. The zero-order chi connectivity index (χ0) is 17.1. The van der Waals surface area contributed by atoms with Gasteiger partial charge in [-0.05, 0) is 66.6 Å². The second kappa shape index (κ2) is 7.01. The van der Waals surface area contributed by atoms with E-state index in [1.807, 2.05) is 42.6 Å². The van der Waals surface area contributed by atoms with Crippen molar-refractivity contribution in [3.05, 3.63) is 60.3 Å². The lowest BCUT2D eigenvalue weighted by Gasteiger charge is -2.28. The van der Waals surface area contributed by atoms with Crippen molar-refractivity contribution < 1.29 is 4.79 Å². The number of carbonyl (C=O) groups is 1. The lowest BCUT2D eigenvalue weighted by molar-refractivity contribution is -0.115. The van der Waals surface area contributed by atoms with Crippen molar-refractivity contribution in [3.8, 4) is 0 Å². The molecule has 4 rings (SSSR count). The van der Waals surface area contributed by atoms with Gasteiger partial charge in [-0.15, -0.1) is 0 Å². The molecule has 3 aromatic rings. The number of carbonyl (C=O) groups excluding carboxylic acids is 1. The molecule has 0 radical (unpaired) electrons. The Balaban J connectivity index is 1.38. The van der Waals surface area contributed by atoms with Gasteiger partial charge in [0.25, 0.3) is 0 Å². The average molecular weight is 333 g/mol. The summed E-state index contributed by atoms with van der Waals surface area (Å²) >= 11 is 0. The second-order valence-corrected chi connectivity index (χ2v) is 6.72. The third-order valence-corrected chi connectivity index (χ3v) is 4.86. The number of piperidine rings is 1. The van der Waals surface area contributed by atoms with Gasteiger partial charge in [0.2, 0.25) is 5.91 Å². The molecule has 1 aliphatic heterocycles. The van der Waals surface area contributed by atoms with Crippen LogP contribution in [0.25, 0.3) is 10.9 Å². The summed E-state index contributed by atoms with van der Waals surface area (Å²) in [6, 6.07) is 16.3. The number of rotatable bonds is 4. The number of anilines is 2. The predicted molar refractivity (Wildman–Crippen MR) is 103 cm³/mol. The largest absolute Gasteiger partial charge is 0.372 e. The van der Waals surface area contributed by atoms with E-state index in [4.69, 9.17) is 0 Å². The van der Waals surface area contributed by atoms with E-state index in [2.05, 4.69) is 27.3 Å². The first-order chi connectivity index (χ1) is 12.3. The number of nitrogens with one attached hydrogen (secondary N) is 2.